The van der Waals surface area contributed by atoms with Gasteiger partial charge >= 0.3 is 5.97 Å². The lowest BCUT2D eigenvalue weighted by atomic mass is 9.63. The minimum atomic E-state index is -1.35. The van der Waals surface area contributed by atoms with Crippen LogP contribution in [0.3, 0.4) is 0 Å². The van der Waals surface area contributed by atoms with Gasteiger partial charge in [0.1, 0.15) is 0 Å². The molecule has 0 spiro atoms. The van der Waals surface area contributed by atoms with Crippen LogP contribution in [0.4, 0.5) is 0 Å². The zero-order valence-electron chi connectivity index (χ0n) is 19.2. The van der Waals surface area contributed by atoms with Crippen LogP contribution in [0, 0.1) is 39.9 Å². The normalized spacial score (nSPS) is 19.8. The van der Waals surface area contributed by atoms with Gasteiger partial charge in [-0.15, -0.1) is 6.58 Å². The number of hydrogen-bond donors (Lipinski definition) is 0. The van der Waals surface area contributed by atoms with Crippen molar-refractivity contribution in [3.05, 3.63) is 102 Å². The predicted molar refractivity (Wildman–Crippen MR) is 142 cm³/mol. The van der Waals surface area contributed by atoms with Gasteiger partial charge in [0.2, 0.25) is 0 Å². The number of esters is 1. The van der Waals surface area contributed by atoms with Crippen LogP contribution in [-0.4, -0.2) is 13.1 Å². The lowest BCUT2D eigenvalue weighted by Gasteiger charge is -2.43. The molecule has 0 fully saturated rings. The first-order valence-corrected chi connectivity index (χ1v) is 12.2. The fourth-order valence-electron chi connectivity index (χ4n) is 4.62. The lowest BCUT2D eigenvalue weighted by Crippen LogP contribution is -2.39. The second-order valence-corrected chi connectivity index (χ2v) is 10.2. The zero-order chi connectivity index (χ0) is 24.6. The maximum Gasteiger partial charge on any atom is 0.308 e. The smallest absolute Gasteiger partial charge is 0.308 e. The summed E-state index contributed by atoms with van der Waals surface area (Å²) in [7, 11) is 1.40. The summed E-state index contributed by atoms with van der Waals surface area (Å²) in [5.74, 6) is -0.907. The van der Waals surface area contributed by atoms with Crippen molar-refractivity contribution in [2.45, 2.75) is 22.7 Å². The maximum atomic E-state index is 12.6. The van der Waals surface area contributed by atoms with Crippen molar-refractivity contribution in [2.24, 2.45) is 17.3 Å². The highest BCUT2D eigenvalue weighted by Crippen LogP contribution is 2.54. The molecule has 0 radical (unpaired) electrons. The molecule has 0 N–H and O–H groups in total. The van der Waals surface area contributed by atoms with E-state index >= 15 is 0 Å². The van der Waals surface area contributed by atoms with Crippen molar-refractivity contribution < 1.29 is 9.53 Å². The first-order valence-electron chi connectivity index (χ1n) is 11.1. The van der Waals surface area contributed by atoms with Crippen molar-refractivity contribution in [3.63, 3.8) is 0 Å². The van der Waals surface area contributed by atoms with E-state index in [1.54, 1.807) is 6.08 Å². The third-order valence-electron chi connectivity index (χ3n) is 6.42. The molecule has 1 unspecified atom stereocenters. The molecule has 0 bridgehead atoms. The van der Waals surface area contributed by atoms with Gasteiger partial charge in [0.15, 0.2) is 5.41 Å². The first-order chi connectivity index (χ1) is 16.4. The average molecular weight is 562 g/mol. The van der Waals surface area contributed by atoms with Crippen LogP contribution in [0.5, 0.6) is 0 Å². The Morgan fingerprint density at radius 2 is 1.76 bits per heavy atom. The molecule has 0 saturated heterocycles. The minimum Gasteiger partial charge on any atom is -0.469 e. The third-order valence-corrected chi connectivity index (χ3v) is 8.15. The topological polar surface area (TPSA) is 73.9 Å². The lowest BCUT2D eigenvalue weighted by molar-refractivity contribution is -0.146. The summed E-state index contributed by atoms with van der Waals surface area (Å²) >= 11 is 2.42. The Labute approximate surface area is 215 Å². The van der Waals surface area contributed by atoms with E-state index in [1.807, 2.05) is 54.6 Å². The van der Waals surface area contributed by atoms with E-state index in [2.05, 4.69) is 65.6 Å². The van der Waals surface area contributed by atoms with Crippen LogP contribution in [-0.2, 0) is 13.0 Å². The van der Waals surface area contributed by atoms with Crippen molar-refractivity contribution in [1.82, 2.24) is 0 Å². The van der Waals surface area contributed by atoms with Crippen LogP contribution < -0.4 is 0 Å². The van der Waals surface area contributed by atoms with Gasteiger partial charge in [0, 0.05) is 12.3 Å². The zero-order valence-corrected chi connectivity index (χ0v) is 21.3. The molecule has 34 heavy (non-hydrogen) atoms. The van der Waals surface area contributed by atoms with Crippen molar-refractivity contribution >= 4 is 34.6 Å². The number of benzene rings is 2. The number of nitriles is 2. The summed E-state index contributed by atoms with van der Waals surface area (Å²) in [6.07, 6.45) is 8.85. The number of halogens is 1. The standard InChI is InChI=1S/C29H27IN2O2/c1-3-17-28(20-31,21-32)25-15-14-23(27(33)34-2)19-26(25)29(30,24-12-8-5-9-13-24)18-16-22-10-6-4-7-11-22/h3-13,15-16,18,23,26H,1,14,17,19H2,2H3/b18-16+/t23-,26-,29?/m1/s1. The molecule has 3 atom stereocenters. The molecule has 1 aliphatic carbocycles. The van der Waals surface area contributed by atoms with Gasteiger partial charge < -0.3 is 4.74 Å². The van der Waals surface area contributed by atoms with Gasteiger partial charge in [0.05, 0.1) is 28.6 Å². The van der Waals surface area contributed by atoms with Crippen molar-refractivity contribution in [2.75, 3.05) is 7.11 Å². The summed E-state index contributed by atoms with van der Waals surface area (Å²) < 4.78 is 4.45. The second-order valence-electron chi connectivity index (χ2n) is 8.40. The minimum absolute atomic E-state index is 0.217. The molecule has 0 aromatic heterocycles. The van der Waals surface area contributed by atoms with Gasteiger partial charge in [-0.25, -0.2) is 0 Å². The monoisotopic (exact) mass is 562 g/mol. The van der Waals surface area contributed by atoms with Crippen LogP contribution in [0.1, 0.15) is 30.4 Å². The molecule has 5 heteroatoms. The Balaban J connectivity index is 2.23. The Morgan fingerprint density at radius 3 is 2.32 bits per heavy atom. The Hall–Kier alpha value is -3.16. The third kappa shape index (κ3) is 5.16. The second kappa shape index (κ2) is 11.3. The number of nitrogens with zero attached hydrogens (tertiary/aromatic N) is 2. The van der Waals surface area contributed by atoms with E-state index in [0.29, 0.717) is 12.8 Å². The summed E-state index contributed by atoms with van der Waals surface area (Å²) in [5, 5.41) is 20.3. The molecule has 0 aliphatic heterocycles. The van der Waals surface area contributed by atoms with Crippen LogP contribution in [0.15, 0.2) is 91.0 Å². The number of methoxy groups -OCH3 is 1. The number of allylic oxidation sites excluding steroid dienone is 4. The largest absolute Gasteiger partial charge is 0.469 e. The number of rotatable bonds is 8. The molecular weight excluding hydrogens is 535 g/mol. The Bertz CT molecular complexity index is 1140. The summed E-state index contributed by atoms with van der Waals surface area (Å²) in [4.78, 5) is 12.6. The highest BCUT2D eigenvalue weighted by Gasteiger charge is 2.49. The van der Waals surface area contributed by atoms with Gasteiger partial charge in [-0.1, -0.05) is 108 Å². The van der Waals surface area contributed by atoms with Gasteiger partial charge in [-0.05, 0) is 29.5 Å². The predicted octanol–water partition coefficient (Wildman–Crippen LogP) is 6.77. The molecular formula is C29H27IN2O2. The fraction of sp³-hybridized carbons (Fsp3) is 0.276. The number of alkyl halides is 1. The fourth-order valence-corrected chi connectivity index (χ4v) is 5.75. The number of hydrogen-bond acceptors (Lipinski definition) is 4. The first kappa shape index (κ1) is 25.5. The van der Waals surface area contributed by atoms with Crippen molar-refractivity contribution in [3.8, 4) is 12.1 Å². The van der Waals surface area contributed by atoms with Crippen LogP contribution in [0.25, 0.3) is 6.08 Å². The summed E-state index contributed by atoms with van der Waals surface area (Å²) in [6, 6.07) is 24.6. The van der Waals surface area contributed by atoms with E-state index < -0.39 is 8.84 Å². The quantitative estimate of drug-likeness (QED) is 0.154. The van der Waals surface area contributed by atoms with E-state index in [-0.39, 0.29) is 24.2 Å². The molecule has 2 aromatic rings. The molecule has 0 saturated carbocycles. The van der Waals surface area contributed by atoms with Gasteiger partial charge in [-0.2, -0.15) is 10.5 Å². The molecule has 4 nitrogen and oxygen atoms in total. The summed E-state index contributed by atoms with van der Waals surface area (Å²) in [6.45, 7) is 3.79. The molecule has 2 aromatic carbocycles. The van der Waals surface area contributed by atoms with E-state index in [0.717, 1.165) is 16.7 Å². The average Bonchev–Trinajstić information content (AvgIpc) is 2.91. The Morgan fingerprint density at radius 1 is 1.15 bits per heavy atom. The molecule has 172 valence electrons. The van der Waals surface area contributed by atoms with Crippen molar-refractivity contribution in [1.29, 1.82) is 10.5 Å². The van der Waals surface area contributed by atoms with Gasteiger partial charge in [0.25, 0.3) is 0 Å². The molecule has 1 aliphatic rings. The number of carbonyl (C=O) groups is 1. The highest BCUT2D eigenvalue weighted by molar-refractivity contribution is 14.1. The summed E-state index contributed by atoms with van der Waals surface area (Å²) in [5.41, 5.74) is 1.48. The highest BCUT2D eigenvalue weighted by atomic mass is 127. The van der Waals surface area contributed by atoms with E-state index in [1.165, 1.54) is 7.11 Å². The number of carbonyl (C=O) groups excluding carboxylic acids is 1. The molecule has 0 amide bonds. The molecule has 3 rings (SSSR count). The molecule has 0 heterocycles. The van der Waals surface area contributed by atoms with Gasteiger partial charge in [-0.3, -0.25) is 4.79 Å². The Kier molecular flexibility index (Phi) is 8.47. The van der Waals surface area contributed by atoms with E-state index in [9.17, 15) is 15.3 Å². The van der Waals surface area contributed by atoms with Crippen LogP contribution in [0.2, 0.25) is 0 Å². The van der Waals surface area contributed by atoms with E-state index in [4.69, 9.17) is 4.74 Å². The SMILES string of the molecule is C=CCC(C#N)(C#N)C1=CC[C@@H](C(=O)OC)C[C@H]1C(I)(/C=C/c1ccccc1)c1ccccc1. The number of ether oxygens (including phenoxy) is 1. The van der Waals surface area contributed by atoms with Crippen LogP contribution >= 0.6 is 22.6 Å². The maximum absolute atomic E-state index is 12.6.